The Hall–Kier alpha value is -5.45. The molecule has 0 radical (unpaired) electrons. The molecule has 10 aromatic carbocycles. The van der Waals surface area contributed by atoms with Gasteiger partial charge in [0.2, 0.25) is 0 Å². The molecule has 0 amide bonds. The topological polar surface area (TPSA) is 0 Å². The van der Waals surface area contributed by atoms with Gasteiger partial charge >= 0.3 is 198 Å². The first-order chi connectivity index (χ1) is 41.1. The van der Waals surface area contributed by atoms with Crippen molar-refractivity contribution in [2.24, 2.45) is 47.3 Å². The molecule has 10 aromatic rings. The van der Waals surface area contributed by atoms with Gasteiger partial charge in [-0.1, -0.05) is 189 Å². The van der Waals surface area contributed by atoms with Gasteiger partial charge in [-0.2, -0.15) is 22.3 Å². The van der Waals surface area contributed by atoms with E-state index in [1.54, 1.807) is 11.1 Å². The Morgan fingerprint density at radius 3 is 0.750 bits per heavy atom. The molecule has 0 fully saturated rings. The molecule has 0 heterocycles. The number of hydrogen-bond acceptors (Lipinski definition) is 0. The van der Waals surface area contributed by atoms with Crippen LogP contribution in [0.25, 0.3) is 43.1 Å². The number of aryl methyl sites for hydroxylation is 4. The van der Waals surface area contributed by atoms with E-state index in [1.165, 1.54) is 154 Å². The van der Waals surface area contributed by atoms with Crippen LogP contribution in [0.15, 0.2) is 241 Å². The molecule has 0 saturated heterocycles. The van der Waals surface area contributed by atoms with E-state index in [4.69, 9.17) is 0 Å². The van der Waals surface area contributed by atoms with E-state index >= 15 is 0 Å². The molecule has 88 heavy (non-hydrogen) atoms. The van der Waals surface area contributed by atoms with E-state index in [0.717, 1.165) is 0 Å². The first kappa shape index (κ1) is 73.3. The first-order valence-electron chi connectivity index (χ1n) is 31.3. The molecule has 0 N–H and O–H groups in total. The van der Waals surface area contributed by atoms with E-state index in [-0.39, 0.29) is 24.8 Å². The standard InChI is InChI=1S/2C15H13.2C14H23.2C13H10.2ClH.2Zr/c2*1-10-3-5-14-12(7-10)9-13-8-11(2)4-6-15(13)14;2*1-9(2)12-7-8-13(10(3)4)14(12)11(5)6;2*1-3-7-12(8-4-1)11-13-9-5-2-6-10-13;;;;/h2*3-9H,1-2H3;2*7,9-11,13H,1-6H3;2*1-10H;2*1H;;/q4*-1;;;;;2*+2/p-2. The van der Waals surface area contributed by atoms with Crippen molar-refractivity contribution in [2.45, 2.75) is 111 Å². The average Bonchev–Trinajstić information content (AvgIpc) is 1.93. The molecular weight excluding hydrogens is 1260 g/mol. The summed E-state index contributed by atoms with van der Waals surface area (Å²) in [5.41, 5.74) is 16.9. The molecule has 2 aliphatic carbocycles. The quantitative estimate of drug-likeness (QED) is 0.120. The summed E-state index contributed by atoms with van der Waals surface area (Å²) in [6.07, 6.45) is 11.5. The van der Waals surface area contributed by atoms with Crippen molar-refractivity contribution in [3.05, 3.63) is 297 Å². The molecule has 2 aliphatic rings. The van der Waals surface area contributed by atoms with Gasteiger partial charge in [0.05, 0.1) is 0 Å². The third-order valence-electron chi connectivity index (χ3n) is 16.3. The summed E-state index contributed by atoms with van der Waals surface area (Å²) in [5, 5.41) is 10.9. The average molecular weight is 1360 g/mol. The first-order valence-corrected chi connectivity index (χ1v) is 33.8. The fourth-order valence-corrected chi connectivity index (χ4v) is 13.5. The summed E-state index contributed by atoms with van der Waals surface area (Å²) in [6.45, 7) is 36.0. The Kier molecular flexibility index (Phi) is 29.3. The van der Waals surface area contributed by atoms with Gasteiger partial charge in [0.25, 0.3) is 0 Å². The van der Waals surface area contributed by atoms with Gasteiger partial charge in [0.1, 0.15) is 0 Å². The molecule has 4 heteroatoms. The molecule has 0 aliphatic heterocycles. The van der Waals surface area contributed by atoms with Crippen molar-refractivity contribution in [3.8, 4) is 0 Å². The normalized spacial score (nSPS) is 14.1. The van der Waals surface area contributed by atoms with Crippen molar-refractivity contribution in [3.63, 3.8) is 0 Å². The molecule has 12 rings (SSSR count). The van der Waals surface area contributed by atoms with E-state index in [2.05, 4.69) is 341 Å². The van der Waals surface area contributed by atoms with Gasteiger partial charge < -0.3 is 24.8 Å². The fourth-order valence-electron chi connectivity index (χ4n) is 11.8. The molecule has 0 saturated carbocycles. The van der Waals surface area contributed by atoms with Crippen LogP contribution in [0.3, 0.4) is 0 Å². The number of benzene rings is 8. The molecule has 2 unspecified atom stereocenters. The minimum atomic E-state index is 0. The second kappa shape index (κ2) is 35.2. The maximum atomic E-state index is 3.52. The summed E-state index contributed by atoms with van der Waals surface area (Å²) in [6, 6.07) is 73.4. The zero-order chi connectivity index (χ0) is 62.2. The van der Waals surface area contributed by atoms with Gasteiger partial charge in [-0.25, -0.2) is 12.2 Å². The third kappa shape index (κ3) is 19.8. The predicted octanol–water partition coefficient (Wildman–Crippen LogP) is 16.8. The summed E-state index contributed by atoms with van der Waals surface area (Å²) in [7, 11) is 0. The Balaban J connectivity index is 0.000000192. The summed E-state index contributed by atoms with van der Waals surface area (Å²) in [5.74, 6) is 5.09. The third-order valence-corrected chi connectivity index (χ3v) is 19.1. The van der Waals surface area contributed by atoms with Gasteiger partial charge in [0.15, 0.2) is 0 Å². The zero-order valence-corrected chi connectivity index (χ0v) is 61.6. The summed E-state index contributed by atoms with van der Waals surface area (Å²) >= 11 is 2.92. The predicted molar refractivity (Wildman–Crippen MR) is 371 cm³/mol. The zero-order valence-electron chi connectivity index (χ0n) is 55.2. The number of rotatable bonds is 10. The van der Waals surface area contributed by atoms with Crippen molar-refractivity contribution >= 4 is 49.5 Å². The number of hydrogen-bond donors (Lipinski definition) is 0. The fraction of sp³-hybridized carbons (Fsp3) is 0.286. The van der Waals surface area contributed by atoms with E-state index in [0.29, 0.717) is 47.3 Å². The Morgan fingerprint density at radius 1 is 0.330 bits per heavy atom. The van der Waals surface area contributed by atoms with Crippen molar-refractivity contribution in [1.29, 1.82) is 0 Å². The second-order valence-electron chi connectivity index (χ2n) is 25.4. The molecule has 452 valence electrons. The van der Waals surface area contributed by atoms with Crippen LogP contribution in [0.1, 0.15) is 128 Å². The van der Waals surface area contributed by atoms with Gasteiger partial charge in [-0.3, -0.25) is 12.2 Å². The summed E-state index contributed by atoms with van der Waals surface area (Å²) in [4.78, 5) is 0. The Labute approximate surface area is 573 Å². The Morgan fingerprint density at radius 2 is 0.557 bits per heavy atom. The second-order valence-corrected chi connectivity index (χ2v) is 27.8. The molecule has 0 nitrogen and oxygen atoms in total. The maximum absolute atomic E-state index is 3.52. The van der Waals surface area contributed by atoms with E-state index in [9.17, 15) is 0 Å². The van der Waals surface area contributed by atoms with Crippen LogP contribution in [-0.2, 0) is 48.5 Å². The van der Waals surface area contributed by atoms with Crippen molar-refractivity contribution < 1.29 is 73.3 Å². The molecular formula is C84H92Cl2Zr2-2. The number of halogens is 2. The van der Waals surface area contributed by atoms with Crippen LogP contribution in [0.5, 0.6) is 0 Å². The van der Waals surface area contributed by atoms with Crippen molar-refractivity contribution in [1.82, 2.24) is 0 Å². The Bertz CT molecular complexity index is 3500. The minimum absolute atomic E-state index is 0. The van der Waals surface area contributed by atoms with Gasteiger partial charge in [0, 0.05) is 0 Å². The SMILES string of the molecule is CC(C)C1=C(C(C)C)C(C(C)C)[C-]=C1.CC(C)C1=C(C(C)C)C(C(C)C)[C-]=C1.Cc1ccc2c(c1)[cH-]c1cc(C)ccc12.Cc1ccc2c(c1)[cH-]c1cc(C)ccc12.[Cl-].[Cl-].[Zr+2]=[C](c1ccccc1)c1ccccc1.[Zr+2]=[C](c1ccccc1)c1ccccc1. The van der Waals surface area contributed by atoms with Crippen LogP contribution in [0.4, 0.5) is 0 Å². The molecule has 0 bridgehead atoms. The van der Waals surface area contributed by atoms with Crippen LogP contribution in [0, 0.1) is 87.2 Å². The van der Waals surface area contributed by atoms with E-state index < -0.39 is 0 Å². The number of allylic oxidation sites excluding steroid dienone is 8. The van der Waals surface area contributed by atoms with Crippen molar-refractivity contribution in [2.75, 3.05) is 0 Å². The van der Waals surface area contributed by atoms with Gasteiger partial charge in [-0.05, 0) is 39.5 Å². The van der Waals surface area contributed by atoms with Crippen LogP contribution in [0.2, 0.25) is 0 Å². The monoisotopic (exact) mass is 1350 g/mol. The van der Waals surface area contributed by atoms with Crippen LogP contribution < -0.4 is 24.8 Å². The molecule has 2 atom stereocenters. The molecule has 0 spiro atoms. The molecule has 0 aromatic heterocycles. The van der Waals surface area contributed by atoms with E-state index in [1.807, 2.05) is 0 Å². The summed E-state index contributed by atoms with van der Waals surface area (Å²) < 4.78 is 2.83. The van der Waals surface area contributed by atoms with Gasteiger partial charge in [-0.15, -0.1) is 79.5 Å². The van der Waals surface area contributed by atoms with Crippen LogP contribution >= 0.6 is 0 Å². The number of fused-ring (bicyclic) bond motifs is 6. The van der Waals surface area contributed by atoms with Crippen LogP contribution in [-0.4, -0.2) is 6.41 Å².